The highest BCUT2D eigenvalue weighted by Crippen LogP contribution is 2.33. The summed E-state index contributed by atoms with van der Waals surface area (Å²) in [5.41, 5.74) is 4.22. The van der Waals surface area contributed by atoms with Crippen LogP contribution in [0, 0.1) is 5.41 Å². The maximum Gasteiger partial charge on any atom is 0.311 e. The minimum atomic E-state index is -0.819. The number of carboxylic acid groups (broad SMARTS) is 1. The molecule has 0 aliphatic carbocycles. The van der Waals surface area contributed by atoms with Crippen molar-refractivity contribution in [2.24, 2.45) is 11.1 Å². The molecule has 1 heterocycles. The van der Waals surface area contributed by atoms with Crippen molar-refractivity contribution in [3.63, 3.8) is 0 Å². The Hall–Kier alpha value is -1.24. The summed E-state index contributed by atoms with van der Waals surface area (Å²) in [6, 6.07) is 0. The van der Waals surface area contributed by atoms with Crippen molar-refractivity contribution in [1.82, 2.24) is 4.90 Å². The lowest BCUT2D eigenvalue weighted by atomic mass is 9.77. The number of rotatable bonds is 7. The molecule has 1 rings (SSSR count). The first kappa shape index (κ1) is 16.8. The molecule has 1 aliphatic rings. The van der Waals surface area contributed by atoms with E-state index in [0.29, 0.717) is 31.6 Å². The summed E-state index contributed by atoms with van der Waals surface area (Å²) < 4.78 is 0. The molecule has 0 saturated carbocycles. The van der Waals surface area contributed by atoms with E-state index in [0.717, 1.165) is 6.42 Å². The van der Waals surface area contributed by atoms with Gasteiger partial charge < -0.3 is 15.7 Å². The van der Waals surface area contributed by atoms with Gasteiger partial charge in [-0.05, 0) is 19.3 Å². The van der Waals surface area contributed by atoms with Gasteiger partial charge in [0.1, 0.15) is 0 Å². The summed E-state index contributed by atoms with van der Waals surface area (Å²) in [6.45, 7) is 2.76. The number of piperidine rings is 1. The van der Waals surface area contributed by atoms with Crippen LogP contribution in [0.25, 0.3) is 0 Å². The number of carbonyl (C=O) groups excluding carboxylic acids is 2. The van der Waals surface area contributed by atoms with Crippen LogP contribution in [0.3, 0.4) is 0 Å². The number of nitrogens with two attached hydrogens (primary N) is 1. The Bertz CT molecular complexity index is 389. The zero-order valence-corrected chi connectivity index (χ0v) is 12.6. The Morgan fingerprint density at radius 1 is 1.40 bits per heavy atom. The fourth-order valence-electron chi connectivity index (χ4n) is 2.45. The average Bonchev–Trinajstić information content (AvgIpc) is 2.42. The molecule has 0 aromatic heterocycles. The Balaban J connectivity index is 2.48. The summed E-state index contributed by atoms with van der Waals surface area (Å²) in [6.07, 6.45) is 2.19. The smallest absolute Gasteiger partial charge is 0.311 e. The van der Waals surface area contributed by atoms with Crippen LogP contribution in [0.1, 0.15) is 32.6 Å². The zero-order chi connectivity index (χ0) is 15.2. The highest BCUT2D eigenvalue weighted by atomic mass is 32.2. The quantitative estimate of drug-likeness (QED) is 0.674. The Labute approximate surface area is 123 Å². The second kappa shape index (κ2) is 7.52. The van der Waals surface area contributed by atoms with E-state index >= 15 is 0 Å². The second-order valence-corrected chi connectivity index (χ2v) is 6.23. The van der Waals surface area contributed by atoms with E-state index in [-0.39, 0.29) is 18.2 Å². The number of hydrogen-bond acceptors (Lipinski definition) is 4. The van der Waals surface area contributed by atoms with Crippen molar-refractivity contribution in [3.8, 4) is 0 Å². The molecule has 1 unspecified atom stereocenters. The largest absolute Gasteiger partial charge is 0.481 e. The number of amides is 2. The SMILES string of the molecule is CCC1(C(=O)O)CCCN(C(=O)CCSCC(N)=O)C1. The van der Waals surface area contributed by atoms with Crippen LogP contribution in [0.15, 0.2) is 0 Å². The third-order valence-corrected chi connectivity index (χ3v) is 4.75. The van der Waals surface area contributed by atoms with Crippen molar-refractivity contribution in [1.29, 1.82) is 0 Å². The van der Waals surface area contributed by atoms with E-state index in [1.54, 1.807) is 4.90 Å². The van der Waals surface area contributed by atoms with Gasteiger partial charge in [-0.25, -0.2) is 0 Å². The van der Waals surface area contributed by atoms with E-state index in [1.165, 1.54) is 11.8 Å². The number of carboxylic acids is 1. The van der Waals surface area contributed by atoms with Crippen LogP contribution in [-0.4, -0.2) is 52.4 Å². The summed E-state index contributed by atoms with van der Waals surface area (Å²) in [4.78, 5) is 35.7. The van der Waals surface area contributed by atoms with Crippen LogP contribution in [0.2, 0.25) is 0 Å². The van der Waals surface area contributed by atoms with Crippen molar-refractivity contribution in [2.45, 2.75) is 32.6 Å². The van der Waals surface area contributed by atoms with Crippen molar-refractivity contribution >= 4 is 29.5 Å². The first-order chi connectivity index (χ1) is 9.41. The first-order valence-electron chi connectivity index (χ1n) is 6.78. The maximum absolute atomic E-state index is 12.1. The second-order valence-electron chi connectivity index (χ2n) is 5.13. The molecule has 20 heavy (non-hydrogen) atoms. The minimum Gasteiger partial charge on any atom is -0.481 e. The predicted molar refractivity (Wildman–Crippen MR) is 77.3 cm³/mol. The molecular weight excluding hydrogens is 280 g/mol. The summed E-state index contributed by atoms with van der Waals surface area (Å²) in [7, 11) is 0. The molecule has 1 atom stereocenters. The van der Waals surface area contributed by atoms with Crippen LogP contribution in [-0.2, 0) is 14.4 Å². The van der Waals surface area contributed by atoms with E-state index in [1.807, 2.05) is 6.92 Å². The van der Waals surface area contributed by atoms with Crippen molar-refractivity contribution in [3.05, 3.63) is 0 Å². The van der Waals surface area contributed by atoms with E-state index in [9.17, 15) is 19.5 Å². The number of primary amides is 1. The molecule has 7 heteroatoms. The minimum absolute atomic E-state index is 0.0410. The number of thioether (sulfide) groups is 1. The van der Waals surface area contributed by atoms with Gasteiger partial charge in [0.05, 0.1) is 11.2 Å². The lowest BCUT2D eigenvalue weighted by Gasteiger charge is -2.39. The monoisotopic (exact) mass is 302 g/mol. The molecule has 3 N–H and O–H groups in total. The van der Waals surface area contributed by atoms with Gasteiger partial charge in [0, 0.05) is 25.3 Å². The maximum atomic E-state index is 12.1. The highest BCUT2D eigenvalue weighted by Gasteiger charge is 2.41. The molecule has 1 aliphatic heterocycles. The predicted octanol–water partition coefficient (Wildman–Crippen LogP) is 0.698. The molecule has 2 amide bonds. The van der Waals surface area contributed by atoms with Crippen LogP contribution >= 0.6 is 11.8 Å². The van der Waals surface area contributed by atoms with Crippen molar-refractivity contribution < 1.29 is 19.5 Å². The standard InChI is InChI=1S/C13H22N2O4S/c1-2-13(12(18)19)5-3-6-15(9-13)11(17)4-7-20-8-10(14)16/h2-9H2,1H3,(H2,14,16)(H,18,19). The third-order valence-electron chi connectivity index (χ3n) is 3.76. The molecule has 114 valence electrons. The molecule has 0 spiro atoms. The fraction of sp³-hybridized carbons (Fsp3) is 0.769. The summed E-state index contributed by atoms with van der Waals surface area (Å²) in [5, 5.41) is 9.37. The van der Waals surface area contributed by atoms with E-state index in [4.69, 9.17) is 5.73 Å². The van der Waals surface area contributed by atoms with Gasteiger partial charge in [-0.2, -0.15) is 11.8 Å². The topological polar surface area (TPSA) is 101 Å². The fourth-order valence-corrected chi connectivity index (χ4v) is 3.11. The van der Waals surface area contributed by atoms with Gasteiger partial charge in [-0.1, -0.05) is 6.92 Å². The lowest BCUT2D eigenvalue weighted by Crippen LogP contribution is -2.49. The van der Waals surface area contributed by atoms with E-state index < -0.39 is 17.3 Å². The molecule has 0 aromatic rings. The number of likely N-dealkylation sites (tertiary alicyclic amines) is 1. The van der Waals surface area contributed by atoms with Crippen molar-refractivity contribution in [2.75, 3.05) is 24.6 Å². The highest BCUT2D eigenvalue weighted by molar-refractivity contribution is 7.99. The number of aliphatic carboxylic acids is 1. The first-order valence-corrected chi connectivity index (χ1v) is 7.94. The van der Waals surface area contributed by atoms with Gasteiger partial charge in [0.2, 0.25) is 11.8 Å². The molecule has 6 nitrogen and oxygen atoms in total. The van der Waals surface area contributed by atoms with Gasteiger partial charge in [-0.3, -0.25) is 14.4 Å². The van der Waals surface area contributed by atoms with E-state index in [2.05, 4.69) is 0 Å². The normalized spacial score (nSPS) is 22.6. The van der Waals surface area contributed by atoms with Gasteiger partial charge in [0.15, 0.2) is 0 Å². The molecular formula is C13H22N2O4S. The summed E-state index contributed by atoms with van der Waals surface area (Å²) in [5.74, 6) is -0.510. The number of nitrogens with zero attached hydrogens (tertiary/aromatic N) is 1. The Morgan fingerprint density at radius 2 is 2.10 bits per heavy atom. The zero-order valence-electron chi connectivity index (χ0n) is 11.8. The Kier molecular flexibility index (Phi) is 6.32. The lowest BCUT2D eigenvalue weighted by molar-refractivity contribution is -0.155. The van der Waals surface area contributed by atoms with Gasteiger partial charge in [0.25, 0.3) is 0 Å². The number of carbonyl (C=O) groups is 3. The average molecular weight is 302 g/mol. The molecule has 0 aromatic carbocycles. The van der Waals surface area contributed by atoms with Gasteiger partial charge >= 0.3 is 5.97 Å². The molecule has 0 bridgehead atoms. The summed E-state index contributed by atoms with van der Waals surface area (Å²) >= 11 is 1.33. The molecule has 0 radical (unpaired) electrons. The molecule has 1 saturated heterocycles. The third kappa shape index (κ3) is 4.40. The molecule has 1 fully saturated rings. The number of hydrogen-bond donors (Lipinski definition) is 2. The van der Waals surface area contributed by atoms with Crippen LogP contribution in [0.5, 0.6) is 0 Å². The Morgan fingerprint density at radius 3 is 2.65 bits per heavy atom. The van der Waals surface area contributed by atoms with Gasteiger partial charge in [-0.15, -0.1) is 0 Å². The van der Waals surface area contributed by atoms with Crippen LogP contribution < -0.4 is 5.73 Å². The van der Waals surface area contributed by atoms with Crippen LogP contribution in [0.4, 0.5) is 0 Å².